The molecule has 11 heteroatoms. The van der Waals surface area contributed by atoms with Crippen molar-refractivity contribution in [3.8, 4) is 33.7 Å². The van der Waals surface area contributed by atoms with E-state index in [0.29, 0.717) is 61.1 Å². The van der Waals surface area contributed by atoms with E-state index in [9.17, 15) is 4.79 Å². The number of benzene rings is 2. The molecular formula is C25H24BrClN2O6S. The van der Waals surface area contributed by atoms with E-state index in [4.69, 9.17) is 35.3 Å². The molecular weight excluding hydrogens is 572 g/mol. The Bertz CT molecular complexity index is 1350. The molecule has 2 heterocycles. The third-order valence-electron chi connectivity index (χ3n) is 5.36. The van der Waals surface area contributed by atoms with Gasteiger partial charge in [-0.05, 0) is 13.0 Å². The Kier molecular flexibility index (Phi) is 8.28. The highest BCUT2D eigenvalue weighted by atomic mass is 79.9. The molecule has 0 saturated carbocycles. The fraction of sp³-hybridized carbons (Fsp3) is 0.280. The number of aromatic nitrogens is 2. The Balaban J connectivity index is 1.69. The topological polar surface area (TPSA) is 91.9 Å². The van der Waals surface area contributed by atoms with Gasteiger partial charge in [0.1, 0.15) is 23.4 Å². The number of nitrogens with zero attached hydrogens (tertiary/aromatic N) is 1. The second-order valence-corrected chi connectivity index (χ2v) is 9.79. The van der Waals surface area contributed by atoms with Crippen molar-refractivity contribution in [2.24, 2.45) is 0 Å². The molecule has 2 aromatic heterocycles. The van der Waals surface area contributed by atoms with E-state index in [-0.39, 0.29) is 0 Å². The van der Waals surface area contributed by atoms with E-state index in [1.165, 1.54) is 18.4 Å². The van der Waals surface area contributed by atoms with Crippen molar-refractivity contribution in [1.82, 2.24) is 9.97 Å². The number of fused-ring (bicyclic) bond motifs is 1. The van der Waals surface area contributed by atoms with Gasteiger partial charge >= 0.3 is 5.97 Å². The van der Waals surface area contributed by atoms with Crippen LogP contribution >= 0.6 is 38.9 Å². The molecule has 0 fully saturated rings. The molecule has 1 atom stereocenters. The first-order valence-corrected chi connectivity index (χ1v) is 13.2. The zero-order chi connectivity index (χ0) is 25.8. The van der Waals surface area contributed by atoms with E-state index < -0.39 is 12.1 Å². The maximum absolute atomic E-state index is 12.6. The van der Waals surface area contributed by atoms with Crippen LogP contribution in [-0.2, 0) is 4.74 Å². The highest BCUT2D eigenvalue weighted by molar-refractivity contribution is 9.09. The monoisotopic (exact) mass is 594 g/mol. The SMILES string of the molecule is COC(=O)c1sc(-c2nc3cc(OC)c(OC)cc3[nH]2)cc1O[C@H](C)c1cccc(OCCBr)c1Cl. The normalized spacial score (nSPS) is 11.8. The van der Waals surface area contributed by atoms with E-state index in [1.807, 2.05) is 25.1 Å². The van der Waals surface area contributed by atoms with Crippen molar-refractivity contribution in [3.05, 3.63) is 51.9 Å². The molecule has 4 aromatic rings. The zero-order valence-corrected chi connectivity index (χ0v) is 23.2. The lowest BCUT2D eigenvalue weighted by atomic mass is 10.1. The number of H-pyrrole nitrogens is 1. The summed E-state index contributed by atoms with van der Waals surface area (Å²) in [6.07, 6.45) is -0.472. The summed E-state index contributed by atoms with van der Waals surface area (Å²) in [5.74, 6) is 2.15. The minimum Gasteiger partial charge on any atom is -0.493 e. The largest absolute Gasteiger partial charge is 0.493 e. The summed E-state index contributed by atoms with van der Waals surface area (Å²) in [4.78, 5) is 21.5. The first kappa shape index (κ1) is 26.1. The molecule has 8 nitrogen and oxygen atoms in total. The number of aromatic amines is 1. The van der Waals surface area contributed by atoms with Crippen LogP contribution in [0.25, 0.3) is 21.7 Å². The van der Waals surface area contributed by atoms with Crippen LogP contribution in [0.1, 0.15) is 28.3 Å². The summed E-state index contributed by atoms with van der Waals surface area (Å²) in [6.45, 7) is 2.33. The minimum atomic E-state index is -0.506. The van der Waals surface area contributed by atoms with E-state index in [2.05, 4.69) is 25.9 Å². The molecule has 4 rings (SSSR count). The maximum Gasteiger partial charge on any atom is 0.351 e. The van der Waals surface area contributed by atoms with Gasteiger partial charge in [0.2, 0.25) is 0 Å². The minimum absolute atomic E-state index is 0.317. The van der Waals surface area contributed by atoms with Crippen molar-refractivity contribution in [3.63, 3.8) is 0 Å². The molecule has 2 aromatic carbocycles. The van der Waals surface area contributed by atoms with Crippen molar-refractivity contribution < 1.29 is 28.5 Å². The van der Waals surface area contributed by atoms with Crippen LogP contribution in [-0.4, -0.2) is 49.2 Å². The number of halogens is 2. The van der Waals surface area contributed by atoms with Crippen LogP contribution in [0.5, 0.6) is 23.0 Å². The number of alkyl halides is 1. The van der Waals surface area contributed by atoms with Gasteiger partial charge in [-0.1, -0.05) is 39.7 Å². The molecule has 0 spiro atoms. The molecule has 0 unspecified atom stereocenters. The lowest BCUT2D eigenvalue weighted by molar-refractivity contribution is 0.0600. The number of rotatable bonds is 10. The van der Waals surface area contributed by atoms with Gasteiger partial charge in [-0.2, -0.15) is 0 Å². The molecule has 0 amide bonds. The lowest BCUT2D eigenvalue weighted by Crippen LogP contribution is -2.08. The van der Waals surface area contributed by atoms with Crippen LogP contribution in [0.15, 0.2) is 36.4 Å². The molecule has 1 N–H and O–H groups in total. The standard InChI is InChI=1S/C25H24BrClN2O6S/c1-13(14-6-5-7-17(22(14)27)34-9-8-26)35-20-12-21(36-23(20)25(30)33-4)24-28-15-10-18(31-2)19(32-3)11-16(15)29-24/h5-7,10-13H,8-9H2,1-4H3,(H,28,29)/t13-/m1/s1. The van der Waals surface area contributed by atoms with Gasteiger partial charge in [0, 0.05) is 29.1 Å². The van der Waals surface area contributed by atoms with Gasteiger partial charge in [-0.3, -0.25) is 0 Å². The third-order valence-corrected chi connectivity index (χ3v) is 7.19. The quantitative estimate of drug-likeness (QED) is 0.162. The molecule has 0 aliphatic heterocycles. The smallest absolute Gasteiger partial charge is 0.351 e. The van der Waals surface area contributed by atoms with Gasteiger partial charge in [0.15, 0.2) is 16.4 Å². The van der Waals surface area contributed by atoms with Gasteiger partial charge in [0.25, 0.3) is 0 Å². The number of imidazole rings is 1. The van der Waals surface area contributed by atoms with Crippen molar-refractivity contribution in [1.29, 1.82) is 0 Å². The Labute approximate surface area is 225 Å². The Morgan fingerprint density at radius 1 is 1.11 bits per heavy atom. The molecule has 0 saturated heterocycles. The number of nitrogens with one attached hydrogen (secondary N) is 1. The summed E-state index contributed by atoms with van der Waals surface area (Å²) >= 11 is 11.1. The summed E-state index contributed by atoms with van der Waals surface area (Å²) in [7, 11) is 4.47. The van der Waals surface area contributed by atoms with Crippen molar-refractivity contribution in [2.45, 2.75) is 13.0 Å². The lowest BCUT2D eigenvalue weighted by Gasteiger charge is -2.18. The highest BCUT2D eigenvalue weighted by Crippen LogP contribution is 2.41. The Hall–Kier alpha value is -2.95. The van der Waals surface area contributed by atoms with Crippen LogP contribution in [0.2, 0.25) is 5.02 Å². The van der Waals surface area contributed by atoms with Crippen molar-refractivity contribution in [2.75, 3.05) is 33.3 Å². The molecule has 0 bridgehead atoms. The molecule has 0 aliphatic carbocycles. The van der Waals surface area contributed by atoms with Gasteiger partial charge in [-0.25, -0.2) is 9.78 Å². The summed E-state index contributed by atoms with van der Waals surface area (Å²) in [6, 6.07) is 10.9. The van der Waals surface area contributed by atoms with E-state index in [0.717, 1.165) is 11.1 Å². The first-order chi connectivity index (χ1) is 17.4. The van der Waals surface area contributed by atoms with Gasteiger partial charge in [-0.15, -0.1) is 11.3 Å². The van der Waals surface area contributed by atoms with E-state index in [1.54, 1.807) is 32.4 Å². The first-order valence-electron chi connectivity index (χ1n) is 10.9. The van der Waals surface area contributed by atoms with Crippen LogP contribution in [0, 0.1) is 0 Å². The van der Waals surface area contributed by atoms with Crippen molar-refractivity contribution >= 4 is 55.9 Å². The zero-order valence-electron chi connectivity index (χ0n) is 20.0. The Morgan fingerprint density at radius 3 is 2.56 bits per heavy atom. The number of esters is 1. The number of ether oxygens (including phenoxy) is 5. The average Bonchev–Trinajstić information content (AvgIpc) is 3.50. The number of carbonyl (C=O) groups excluding carboxylic acids is 1. The predicted molar refractivity (Wildman–Crippen MR) is 144 cm³/mol. The fourth-order valence-electron chi connectivity index (χ4n) is 3.62. The van der Waals surface area contributed by atoms with Gasteiger partial charge in [0.05, 0.1) is 48.9 Å². The molecule has 190 valence electrons. The number of methoxy groups -OCH3 is 3. The van der Waals surface area contributed by atoms with Crippen LogP contribution in [0.3, 0.4) is 0 Å². The molecule has 36 heavy (non-hydrogen) atoms. The highest BCUT2D eigenvalue weighted by Gasteiger charge is 2.24. The second-order valence-electron chi connectivity index (χ2n) is 7.56. The summed E-state index contributed by atoms with van der Waals surface area (Å²) in [5, 5.41) is 1.14. The molecule has 0 aliphatic rings. The third kappa shape index (κ3) is 5.25. The average molecular weight is 596 g/mol. The molecule has 0 radical (unpaired) electrons. The number of carbonyl (C=O) groups is 1. The van der Waals surface area contributed by atoms with Gasteiger partial charge < -0.3 is 28.7 Å². The maximum atomic E-state index is 12.6. The predicted octanol–water partition coefficient (Wildman–Crippen LogP) is 6.66. The van der Waals surface area contributed by atoms with E-state index >= 15 is 0 Å². The summed E-state index contributed by atoms with van der Waals surface area (Å²) < 4.78 is 27.7. The second kappa shape index (κ2) is 11.4. The summed E-state index contributed by atoms with van der Waals surface area (Å²) in [5.41, 5.74) is 2.19. The number of hydrogen-bond donors (Lipinski definition) is 1. The van der Waals surface area contributed by atoms with Crippen LogP contribution in [0.4, 0.5) is 0 Å². The number of hydrogen-bond acceptors (Lipinski definition) is 8. The van der Waals surface area contributed by atoms with Crippen LogP contribution < -0.4 is 18.9 Å². The number of thiophene rings is 1. The Morgan fingerprint density at radius 2 is 1.86 bits per heavy atom. The fourth-order valence-corrected chi connectivity index (χ4v) is 5.07.